The molecule has 0 bridgehead atoms. The van der Waals surface area contributed by atoms with Gasteiger partial charge >= 0.3 is 5.97 Å². The first-order valence-electron chi connectivity index (χ1n) is 10.6. The number of fused-ring (bicyclic) bond motifs is 1. The molecule has 1 amide bonds. The number of hydrogen-bond donors (Lipinski definition) is 1. The third-order valence-corrected chi connectivity index (χ3v) is 5.87. The van der Waals surface area contributed by atoms with E-state index in [9.17, 15) is 14.0 Å². The van der Waals surface area contributed by atoms with Crippen LogP contribution < -0.4 is 19.3 Å². The SMILES string of the molecule is O=C(O)COc1cccc2c1OCCN2CCN(C(=O)c1ccccc1F)c1ccc(Br)cc1. The van der Waals surface area contributed by atoms with E-state index in [0.29, 0.717) is 36.9 Å². The molecule has 176 valence electrons. The number of hydrogen-bond acceptors (Lipinski definition) is 5. The molecule has 0 aliphatic carbocycles. The van der Waals surface area contributed by atoms with Crippen molar-refractivity contribution in [3.63, 3.8) is 0 Å². The second-order valence-electron chi connectivity index (χ2n) is 7.54. The smallest absolute Gasteiger partial charge is 0.341 e. The van der Waals surface area contributed by atoms with Gasteiger partial charge < -0.3 is 24.4 Å². The first-order valence-corrected chi connectivity index (χ1v) is 11.4. The molecule has 1 aliphatic heterocycles. The van der Waals surface area contributed by atoms with Gasteiger partial charge in [0.2, 0.25) is 0 Å². The number of carboxylic acid groups (broad SMARTS) is 1. The maximum Gasteiger partial charge on any atom is 0.341 e. The summed E-state index contributed by atoms with van der Waals surface area (Å²) in [7, 11) is 0. The Morgan fingerprint density at radius 2 is 1.85 bits per heavy atom. The van der Waals surface area contributed by atoms with Crippen LogP contribution in [0, 0.1) is 5.82 Å². The summed E-state index contributed by atoms with van der Waals surface area (Å²) in [6.07, 6.45) is 0. The molecule has 1 N–H and O–H groups in total. The highest BCUT2D eigenvalue weighted by Crippen LogP contribution is 2.40. The van der Waals surface area contributed by atoms with Gasteiger partial charge in [-0.1, -0.05) is 34.1 Å². The number of anilines is 2. The molecule has 34 heavy (non-hydrogen) atoms. The molecule has 4 rings (SSSR count). The molecule has 0 saturated heterocycles. The standard InChI is InChI=1S/C25H22BrFN2O5/c26-17-8-10-18(11-9-17)29(25(32)19-4-1-2-5-20(19)27)13-12-28-14-15-33-24-21(28)6-3-7-22(24)34-16-23(30)31/h1-11H,12-16H2,(H,30,31). The van der Waals surface area contributed by atoms with E-state index in [1.165, 1.54) is 12.1 Å². The molecule has 1 aliphatic rings. The molecule has 0 aromatic heterocycles. The van der Waals surface area contributed by atoms with Crippen molar-refractivity contribution in [2.24, 2.45) is 0 Å². The normalized spacial score (nSPS) is 12.5. The Morgan fingerprint density at radius 3 is 2.59 bits per heavy atom. The number of carboxylic acids is 1. The highest BCUT2D eigenvalue weighted by Gasteiger charge is 2.25. The molecule has 9 heteroatoms. The minimum absolute atomic E-state index is 0.00264. The molecule has 0 fully saturated rings. The summed E-state index contributed by atoms with van der Waals surface area (Å²) >= 11 is 3.40. The minimum atomic E-state index is -1.08. The molecule has 3 aromatic rings. The van der Waals surface area contributed by atoms with E-state index in [0.717, 1.165) is 10.2 Å². The van der Waals surface area contributed by atoms with Crippen LogP contribution in [0.15, 0.2) is 71.2 Å². The number of halogens is 2. The molecule has 3 aromatic carbocycles. The maximum atomic E-state index is 14.4. The van der Waals surface area contributed by atoms with Crippen LogP contribution in [0.5, 0.6) is 11.5 Å². The average Bonchev–Trinajstić information content (AvgIpc) is 2.84. The van der Waals surface area contributed by atoms with Crippen LogP contribution in [-0.4, -0.2) is 49.8 Å². The van der Waals surface area contributed by atoms with Gasteiger partial charge in [0.1, 0.15) is 12.4 Å². The lowest BCUT2D eigenvalue weighted by atomic mass is 10.1. The number of carbonyl (C=O) groups is 2. The van der Waals surface area contributed by atoms with Crippen molar-refractivity contribution in [2.45, 2.75) is 0 Å². The van der Waals surface area contributed by atoms with E-state index in [2.05, 4.69) is 15.9 Å². The van der Waals surface area contributed by atoms with Crippen LogP contribution in [0.25, 0.3) is 0 Å². The van der Waals surface area contributed by atoms with Crippen LogP contribution in [0.4, 0.5) is 15.8 Å². The Bertz CT molecular complexity index is 1190. The third kappa shape index (κ3) is 5.31. The van der Waals surface area contributed by atoms with Gasteiger partial charge in [-0.2, -0.15) is 0 Å². The fourth-order valence-electron chi connectivity index (χ4n) is 3.73. The van der Waals surface area contributed by atoms with Gasteiger partial charge in [-0.3, -0.25) is 4.79 Å². The molecule has 1 heterocycles. The van der Waals surface area contributed by atoms with E-state index in [4.69, 9.17) is 14.6 Å². The fourth-order valence-corrected chi connectivity index (χ4v) is 4.00. The maximum absolute atomic E-state index is 14.4. The van der Waals surface area contributed by atoms with Crippen LogP contribution >= 0.6 is 15.9 Å². The number of rotatable bonds is 8. The Balaban J connectivity index is 1.59. The van der Waals surface area contributed by atoms with Crippen LogP contribution in [0.2, 0.25) is 0 Å². The summed E-state index contributed by atoms with van der Waals surface area (Å²) in [6.45, 7) is 1.19. The monoisotopic (exact) mass is 528 g/mol. The Morgan fingerprint density at radius 1 is 1.09 bits per heavy atom. The number of aliphatic carboxylic acids is 1. The lowest BCUT2D eigenvalue weighted by Gasteiger charge is -2.34. The summed E-state index contributed by atoms with van der Waals surface area (Å²) in [5, 5.41) is 8.92. The molecule has 0 spiro atoms. The van der Waals surface area contributed by atoms with Crippen molar-refractivity contribution in [2.75, 3.05) is 42.6 Å². The molecular formula is C25H22BrFN2O5. The van der Waals surface area contributed by atoms with Gasteiger partial charge in [0.25, 0.3) is 5.91 Å². The Kier molecular flexibility index (Phi) is 7.32. The topological polar surface area (TPSA) is 79.3 Å². The largest absolute Gasteiger partial charge is 0.486 e. The molecule has 0 atom stereocenters. The first kappa shape index (κ1) is 23.6. The third-order valence-electron chi connectivity index (χ3n) is 5.34. The average molecular weight is 529 g/mol. The fraction of sp³-hybridized carbons (Fsp3) is 0.200. The number of carbonyl (C=O) groups excluding carboxylic acids is 1. The summed E-state index contributed by atoms with van der Waals surface area (Å²) in [5.41, 5.74) is 1.38. The Labute approximate surface area is 204 Å². The van der Waals surface area contributed by atoms with E-state index in [1.54, 1.807) is 41.3 Å². The Hall–Kier alpha value is -3.59. The number of benzene rings is 3. The van der Waals surface area contributed by atoms with E-state index < -0.39 is 24.3 Å². The molecular weight excluding hydrogens is 507 g/mol. The summed E-state index contributed by atoms with van der Waals surface area (Å²) in [4.78, 5) is 27.8. The number of ether oxygens (including phenoxy) is 2. The van der Waals surface area contributed by atoms with E-state index in [1.807, 2.05) is 23.1 Å². The van der Waals surface area contributed by atoms with Crippen molar-refractivity contribution in [1.29, 1.82) is 0 Å². The van der Waals surface area contributed by atoms with Crippen molar-refractivity contribution in [3.05, 3.63) is 82.6 Å². The van der Waals surface area contributed by atoms with Crippen molar-refractivity contribution >= 4 is 39.2 Å². The highest BCUT2D eigenvalue weighted by atomic mass is 79.9. The van der Waals surface area contributed by atoms with Gasteiger partial charge in [-0.15, -0.1) is 0 Å². The minimum Gasteiger partial charge on any atom is -0.486 e. The van der Waals surface area contributed by atoms with Gasteiger partial charge in [0.15, 0.2) is 18.1 Å². The molecule has 0 unspecified atom stereocenters. The van der Waals surface area contributed by atoms with E-state index in [-0.39, 0.29) is 12.1 Å². The van der Waals surface area contributed by atoms with Crippen molar-refractivity contribution < 1.29 is 28.6 Å². The first-order chi connectivity index (χ1) is 16.4. The van der Waals surface area contributed by atoms with Crippen LogP contribution in [-0.2, 0) is 4.79 Å². The zero-order valence-corrected chi connectivity index (χ0v) is 19.7. The van der Waals surface area contributed by atoms with Crippen molar-refractivity contribution in [3.8, 4) is 11.5 Å². The molecule has 0 saturated carbocycles. The summed E-state index contributed by atoms with van der Waals surface area (Å²) in [6, 6.07) is 18.4. The van der Waals surface area contributed by atoms with Crippen LogP contribution in [0.3, 0.4) is 0 Å². The second-order valence-corrected chi connectivity index (χ2v) is 8.45. The van der Waals surface area contributed by atoms with Crippen molar-refractivity contribution in [1.82, 2.24) is 0 Å². The van der Waals surface area contributed by atoms with Gasteiger partial charge in [0, 0.05) is 23.2 Å². The quantitative estimate of drug-likeness (QED) is 0.460. The zero-order valence-electron chi connectivity index (χ0n) is 18.1. The van der Waals surface area contributed by atoms with Crippen LogP contribution in [0.1, 0.15) is 10.4 Å². The molecule has 7 nitrogen and oxygen atoms in total. The second kappa shape index (κ2) is 10.6. The highest BCUT2D eigenvalue weighted by molar-refractivity contribution is 9.10. The number of nitrogens with zero attached hydrogens (tertiary/aromatic N) is 2. The predicted octanol–water partition coefficient (Wildman–Crippen LogP) is 4.60. The lowest BCUT2D eigenvalue weighted by molar-refractivity contribution is -0.139. The van der Waals surface area contributed by atoms with Gasteiger partial charge in [-0.25, -0.2) is 9.18 Å². The van der Waals surface area contributed by atoms with E-state index >= 15 is 0 Å². The number of para-hydroxylation sites is 1. The van der Waals surface area contributed by atoms with Gasteiger partial charge in [-0.05, 0) is 48.5 Å². The zero-order chi connectivity index (χ0) is 24.1. The number of amides is 1. The lowest BCUT2D eigenvalue weighted by Crippen LogP contribution is -2.42. The molecule has 0 radical (unpaired) electrons. The predicted molar refractivity (Wildman–Crippen MR) is 129 cm³/mol. The van der Waals surface area contributed by atoms with Gasteiger partial charge in [0.05, 0.1) is 17.8 Å². The summed E-state index contributed by atoms with van der Waals surface area (Å²) < 4.78 is 26.4. The summed E-state index contributed by atoms with van der Waals surface area (Å²) in [5.74, 6) is -1.29.